The quantitative estimate of drug-likeness (QED) is 0.883. The van der Waals surface area contributed by atoms with E-state index >= 15 is 0 Å². The number of carbonyl (C=O) groups excluding carboxylic acids is 1. The third-order valence-electron chi connectivity index (χ3n) is 2.88. The Labute approximate surface area is 116 Å². The fourth-order valence-electron chi connectivity index (χ4n) is 2.02. The lowest BCUT2D eigenvalue weighted by Crippen LogP contribution is -2.29. The molecule has 0 saturated carbocycles. The van der Waals surface area contributed by atoms with E-state index in [4.69, 9.17) is 0 Å². The average molecular weight is 271 g/mol. The van der Waals surface area contributed by atoms with Gasteiger partial charge in [0.15, 0.2) is 0 Å². The molecule has 102 valence electrons. The van der Waals surface area contributed by atoms with Gasteiger partial charge in [0.25, 0.3) is 0 Å². The second-order valence-electron chi connectivity index (χ2n) is 4.72. The van der Waals surface area contributed by atoms with Crippen molar-refractivity contribution in [3.8, 4) is 0 Å². The normalized spacial score (nSPS) is 11.6. The SMILES string of the molecule is CNCC(C)C(=O)Nc1c(C)cc(C)cc1C.Cl. The molecule has 3 nitrogen and oxygen atoms in total. The summed E-state index contributed by atoms with van der Waals surface area (Å²) >= 11 is 0. The number of nitrogens with one attached hydrogen (secondary N) is 2. The molecule has 0 aliphatic rings. The zero-order valence-electron chi connectivity index (χ0n) is 11.8. The van der Waals surface area contributed by atoms with E-state index in [0.717, 1.165) is 16.8 Å². The Balaban J connectivity index is 0.00000289. The molecule has 0 spiro atoms. The van der Waals surface area contributed by atoms with Gasteiger partial charge in [0, 0.05) is 18.2 Å². The standard InChI is InChI=1S/C14H22N2O.ClH/c1-9-6-10(2)13(11(3)7-9)16-14(17)12(4)8-15-5;/h6-7,12,15H,8H2,1-5H3,(H,16,17);1H. The number of carbonyl (C=O) groups is 1. The molecule has 0 aromatic heterocycles. The maximum atomic E-state index is 11.9. The van der Waals surface area contributed by atoms with Crippen LogP contribution in [0.25, 0.3) is 0 Å². The monoisotopic (exact) mass is 270 g/mol. The van der Waals surface area contributed by atoms with Gasteiger partial charge in [-0.05, 0) is 38.9 Å². The second kappa shape index (κ2) is 7.39. The van der Waals surface area contributed by atoms with E-state index in [2.05, 4.69) is 29.7 Å². The highest BCUT2D eigenvalue weighted by molar-refractivity contribution is 5.94. The average Bonchev–Trinajstić information content (AvgIpc) is 2.23. The van der Waals surface area contributed by atoms with Crippen LogP contribution >= 0.6 is 12.4 Å². The molecule has 1 unspecified atom stereocenters. The number of rotatable bonds is 4. The summed E-state index contributed by atoms with van der Waals surface area (Å²) in [4.78, 5) is 11.9. The van der Waals surface area contributed by atoms with Crippen molar-refractivity contribution in [3.63, 3.8) is 0 Å². The van der Waals surface area contributed by atoms with E-state index in [1.165, 1.54) is 5.56 Å². The van der Waals surface area contributed by atoms with Gasteiger partial charge in [-0.1, -0.05) is 24.6 Å². The lowest BCUT2D eigenvalue weighted by atomic mass is 10.0. The number of hydrogen-bond acceptors (Lipinski definition) is 2. The van der Waals surface area contributed by atoms with E-state index in [1.54, 1.807) is 0 Å². The van der Waals surface area contributed by atoms with Crippen molar-refractivity contribution in [2.45, 2.75) is 27.7 Å². The molecular formula is C14H23ClN2O. The van der Waals surface area contributed by atoms with E-state index in [0.29, 0.717) is 6.54 Å². The van der Waals surface area contributed by atoms with Gasteiger partial charge in [0.05, 0.1) is 0 Å². The zero-order chi connectivity index (χ0) is 13.0. The summed E-state index contributed by atoms with van der Waals surface area (Å²) in [7, 11) is 1.85. The highest BCUT2D eigenvalue weighted by atomic mass is 35.5. The van der Waals surface area contributed by atoms with Crippen LogP contribution in [0.15, 0.2) is 12.1 Å². The summed E-state index contributed by atoms with van der Waals surface area (Å²) < 4.78 is 0. The Bertz CT molecular complexity index is 395. The van der Waals surface area contributed by atoms with Crippen LogP contribution in [0.5, 0.6) is 0 Å². The molecule has 0 fully saturated rings. The zero-order valence-corrected chi connectivity index (χ0v) is 12.6. The van der Waals surface area contributed by atoms with Gasteiger partial charge in [0.2, 0.25) is 5.91 Å². The molecule has 1 rings (SSSR count). The molecule has 1 aromatic rings. The van der Waals surface area contributed by atoms with Crippen molar-refractivity contribution in [2.24, 2.45) is 5.92 Å². The highest BCUT2D eigenvalue weighted by Gasteiger charge is 2.14. The van der Waals surface area contributed by atoms with Crippen LogP contribution in [0.2, 0.25) is 0 Å². The number of hydrogen-bond donors (Lipinski definition) is 2. The van der Waals surface area contributed by atoms with Crippen molar-refractivity contribution < 1.29 is 4.79 Å². The van der Waals surface area contributed by atoms with Crippen LogP contribution < -0.4 is 10.6 Å². The summed E-state index contributed by atoms with van der Waals surface area (Å²) in [6.45, 7) is 8.73. The fraction of sp³-hybridized carbons (Fsp3) is 0.500. The Morgan fingerprint density at radius 3 is 2.17 bits per heavy atom. The van der Waals surface area contributed by atoms with Crippen LogP contribution in [0.1, 0.15) is 23.6 Å². The van der Waals surface area contributed by atoms with Gasteiger partial charge < -0.3 is 10.6 Å². The summed E-state index contributed by atoms with van der Waals surface area (Å²) in [6, 6.07) is 4.18. The van der Waals surface area contributed by atoms with E-state index in [-0.39, 0.29) is 24.2 Å². The number of aryl methyl sites for hydroxylation is 3. The van der Waals surface area contributed by atoms with E-state index in [9.17, 15) is 4.79 Å². The van der Waals surface area contributed by atoms with Crippen molar-refractivity contribution in [1.82, 2.24) is 5.32 Å². The first-order valence-corrected chi connectivity index (χ1v) is 5.99. The topological polar surface area (TPSA) is 41.1 Å². The Kier molecular flexibility index (Phi) is 6.96. The van der Waals surface area contributed by atoms with Crippen LogP contribution in [0.4, 0.5) is 5.69 Å². The van der Waals surface area contributed by atoms with Gasteiger partial charge in [-0.25, -0.2) is 0 Å². The first-order chi connectivity index (χ1) is 7.95. The lowest BCUT2D eigenvalue weighted by molar-refractivity contribution is -0.119. The second-order valence-corrected chi connectivity index (χ2v) is 4.72. The molecule has 0 radical (unpaired) electrons. The molecule has 0 aliphatic heterocycles. The Hall–Kier alpha value is -1.06. The third-order valence-corrected chi connectivity index (χ3v) is 2.88. The summed E-state index contributed by atoms with van der Waals surface area (Å²) in [6.07, 6.45) is 0. The summed E-state index contributed by atoms with van der Waals surface area (Å²) in [5, 5.41) is 6.02. The van der Waals surface area contributed by atoms with Crippen molar-refractivity contribution in [1.29, 1.82) is 0 Å². The van der Waals surface area contributed by atoms with Crippen molar-refractivity contribution >= 4 is 24.0 Å². The van der Waals surface area contributed by atoms with Crippen molar-refractivity contribution in [3.05, 3.63) is 28.8 Å². The predicted molar refractivity (Wildman–Crippen MR) is 79.6 cm³/mol. The lowest BCUT2D eigenvalue weighted by Gasteiger charge is -2.16. The molecule has 18 heavy (non-hydrogen) atoms. The Morgan fingerprint density at radius 1 is 1.22 bits per heavy atom. The molecule has 1 aromatic carbocycles. The molecular weight excluding hydrogens is 248 g/mol. The van der Waals surface area contributed by atoms with Gasteiger partial charge in [-0.2, -0.15) is 0 Å². The minimum Gasteiger partial charge on any atom is -0.325 e. The Morgan fingerprint density at radius 2 is 1.72 bits per heavy atom. The molecule has 0 saturated heterocycles. The van der Waals surface area contributed by atoms with E-state index in [1.807, 2.05) is 27.8 Å². The molecule has 1 atom stereocenters. The summed E-state index contributed by atoms with van der Waals surface area (Å²) in [5.74, 6) is 0.0366. The predicted octanol–water partition coefficient (Wildman–Crippen LogP) is 2.83. The van der Waals surface area contributed by atoms with Crippen LogP contribution in [-0.4, -0.2) is 19.5 Å². The molecule has 1 amide bonds. The molecule has 2 N–H and O–H groups in total. The van der Waals surface area contributed by atoms with E-state index < -0.39 is 0 Å². The fourth-order valence-corrected chi connectivity index (χ4v) is 2.02. The smallest absolute Gasteiger partial charge is 0.228 e. The van der Waals surface area contributed by atoms with Crippen molar-refractivity contribution in [2.75, 3.05) is 18.9 Å². The first-order valence-electron chi connectivity index (χ1n) is 5.99. The van der Waals surface area contributed by atoms with Gasteiger partial charge in [0.1, 0.15) is 0 Å². The number of halogens is 1. The molecule has 0 aliphatic carbocycles. The van der Waals surface area contributed by atoms with Gasteiger partial charge in [-0.15, -0.1) is 12.4 Å². The molecule has 4 heteroatoms. The molecule has 0 bridgehead atoms. The minimum absolute atomic E-state index is 0. The summed E-state index contributed by atoms with van der Waals surface area (Å²) in [5.41, 5.74) is 4.41. The maximum absolute atomic E-state index is 11.9. The van der Waals surface area contributed by atoms with Gasteiger partial charge in [-0.3, -0.25) is 4.79 Å². The number of amides is 1. The van der Waals surface area contributed by atoms with Crippen LogP contribution in [0.3, 0.4) is 0 Å². The first kappa shape index (κ1) is 16.9. The molecule has 0 heterocycles. The minimum atomic E-state index is -0.0277. The third kappa shape index (κ3) is 4.31. The maximum Gasteiger partial charge on any atom is 0.228 e. The van der Waals surface area contributed by atoms with Gasteiger partial charge >= 0.3 is 0 Å². The number of benzene rings is 1. The van der Waals surface area contributed by atoms with Crippen LogP contribution in [-0.2, 0) is 4.79 Å². The highest BCUT2D eigenvalue weighted by Crippen LogP contribution is 2.22. The van der Waals surface area contributed by atoms with Crippen LogP contribution in [0, 0.1) is 26.7 Å². The largest absolute Gasteiger partial charge is 0.325 e. The number of anilines is 1.